The summed E-state index contributed by atoms with van der Waals surface area (Å²) in [5.74, 6) is -1.24. The lowest BCUT2D eigenvalue weighted by atomic mass is 10.00. The van der Waals surface area contributed by atoms with E-state index in [0.29, 0.717) is 40.3 Å². The van der Waals surface area contributed by atoms with Gasteiger partial charge >= 0.3 is 12.3 Å². The van der Waals surface area contributed by atoms with Gasteiger partial charge in [0, 0.05) is 65.1 Å². The Bertz CT molecular complexity index is 1370. The zero-order valence-corrected chi connectivity index (χ0v) is 21.9. The summed E-state index contributed by atoms with van der Waals surface area (Å²) in [6, 6.07) is 4.27. The predicted molar refractivity (Wildman–Crippen MR) is 136 cm³/mol. The van der Waals surface area contributed by atoms with E-state index in [1.165, 1.54) is 16.2 Å². The van der Waals surface area contributed by atoms with E-state index in [0.717, 1.165) is 30.1 Å². The number of carbonyl (C=O) groups excluding carboxylic acids is 1. The Morgan fingerprint density at radius 2 is 1.77 bits per heavy atom. The normalized spacial score (nSPS) is 21.5. The number of nitrogens with zero attached hydrogens (tertiary/aromatic N) is 4. The molecule has 0 spiro atoms. The number of carbonyl (C=O) groups is 2. The van der Waals surface area contributed by atoms with Gasteiger partial charge in [-0.05, 0) is 44.9 Å². The van der Waals surface area contributed by atoms with Crippen molar-refractivity contribution >= 4 is 23.3 Å². The van der Waals surface area contributed by atoms with E-state index in [1.807, 2.05) is 13.0 Å². The van der Waals surface area contributed by atoms with Gasteiger partial charge in [-0.15, -0.1) is 11.3 Å². The summed E-state index contributed by atoms with van der Waals surface area (Å²) in [6.45, 7) is 3.55. The van der Waals surface area contributed by atoms with E-state index in [2.05, 4.69) is 20.3 Å². The van der Waals surface area contributed by atoms with Crippen LogP contribution in [0.5, 0.6) is 5.75 Å². The molecule has 9 nitrogen and oxygen atoms in total. The lowest BCUT2D eigenvalue weighted by Gasteiger charge is -2.37. The number of hydrogen-bond acceptors (Lipinski definition) is 7. The first-order valence-electron chi connectivity index (χ1n) is 12.4. The zero-order valence-electron chi connectivity index (χ0n) is 21.1. The summed E-state index contributed by atoms with van der Waals surface area (Å²) >= 11 is 1.47. The van der Waals surface area contributed by atoms with Crippen molar-refractivity contribution in [3.8, 4) is 16.3 Å². The molecule has 0 saturated carbocycles. The second kappa shape index (κ2) is 10.4. The molecule has 2 saturated heterocycles. The highest BCUT2D eigenvalue weighted by atomic mass is 32.1. The third-order valence-electron chi connectivity index (χ3n) is 7.02. The number of aromatic nitrogens is 3. The van der Waals surface area contributed by atoms with E-state index in [-0.39, 0.29) is 18.2 Å². The molecule has 4 heterocycles. The fourth-order valence-electron chi connectivity index (χ4n) is 5.21. The molecular formula is C26H26F3N5O4S. The molecule has 39 heavy (non-hydrogen) atoms. The monoisotopic (exact) mass is 561 g/mol. The van der Waals surface area contributed by atoms with Crippen LogP contribution in [0.25, 0.3) is 10.6 Å². The van der Waals surface area contributed by atoms with Crippen LogP contribution in [0.4, 0.5) is 18.0 Å². The molecule has 2 aliphatic rings. The molecule has 13 heteroatoms. The van der Waals surface area contributed by atoms with Gasteiger partial charge in [-0.1, -0.05) is 0 Å². The van der Waals surface area contributed by atoms with Crippen LogP contribution in [-0.4, -0.2) is 55.1 Å². The van der Waals surface area contributed by atoms with Gasteiger partial charge in [-0.2, -0.15) is 13.2 Å². The smallest absolute Gasteiger partial charge is 0.451 e. The topological polar surface area (TPSA) is 118 Å². The summed E-state index contributed by atoms with van der Waals surface area (Å²) in [6.07, 6.45) is 0.788. The number of rotatable bonds is 6. The Hall–Kier alpha value is -3.74. The number of piperidine rings is 1. The lowest BCUT2D eigenvalue weighted by molar-refractivity contribution is -0.145. The third kappa shape index (κ3) is 5.82. The van der Waals surface area contributed by atoms with Gasteiger partial charge in [0.25, 0.3) is 5.91 Å². The highest BCUT2D eigenvalue weighted by Crippen LogP contribution is 2.38. The number of carboxylic acid groups (broad SMARTS) is 1. The summed E-state index contributed by atoms with van der Waals surface area (Å²) < 4.78 is 44.7. The third-order valence-corrected chi connectivity index (χ3v) is 7.99. The Morgan fingerprint density at radius 3 is 2.33 bits per heavy atom. The fraction of sp³-hybridized carbons (Fsp3) is 0.423. The maximum atomic E-state index is 13.2. The van der Waals surface area contributed by atoms with Gasteiger partial charge in [0.15, 0.2) is 0 Å². The molecule has 4 atom stereocenters. The Morgan fingerprint density at radius 1 is 1.10 bits per heavy atom. The molecule has 2 aromatic heterocycles. The van der Waals surface area contributed by atoms with Gasteiger partial charge in [-0.3, -0.25) is 4.79 Å². The molecule has 2 aliphatic heterocycles. The molecule has 3 aromatic rings. The van der Waals surface area contributed by atoms with Crippen LogP contribution in [0, 0.1) is 6.92 Å². The maximum absolute atomic E-state index is 13.2. The van der Waals surface area contributed by atoms with Crippen molar-refractivity contribution < 1.29 is 32.6 Å². The number of fused-ring (bicyclic) bond motifs is 2. The maximum Gasteiger partial charge on any atom is 0.451 e. The standard InChI is InChI=1S/C26H26F3N5O4S/c1-13-10-30-23(39-13)16-5-15(22(35)33-14(2)17-11-31-24(32-12-17)26(27,28)29)6-20(7-16)38-21-8-18-3-4-19(9-21)34(18)25(36)37/h5-7,10-12,14,18-19,21H,3-4,8-9H2,1-2H3,(H,33,35)(H,36,37)/t14-,18-,19+,21?/m1/s1. The molecule has 2 bridgehead atoms. The van der Waals surface area contributed by atoms with Gasteiger partial charge in [0.1, 0.15) is 16.9 Å². The Balaban J connectivity index is 1.36. The fourth-order valence-corrected chi connectivity index (χ4v) is 5.96. The second-order valence-electron chi connectivity index (χ2n) is 9.84. The molecule has 206 valence electrons. The van der Waals surface area contributed by atoms with Crippen LogP contribution >= 0.6 is 11.3 Å². The first kappa shape index (κ1) is 26.9. The molecule has 0 aliphatic carbocycles. The average molecular weight is 562 g/mol. The number of nitrogens with one attached hydrogen (secondary N) is 1. The van der Waals surface area contributed by atoms with Crippen LogP contribution in [0.15, 0.2) is 36.8 Å². The van der Waals surface area contributed by atoms with Gasteiger partial charge < -0.3 is 20.1 Å². The molecule has 5 rings (SSSR count). The van der Waals surface area contributed by atoms with Crippen molar-refractivity contribution in [1.82, 2.24) is 25.2 Å². The minimum absolute atomic E-state index is 0.0920. The molecule has 1 aromatic carbocycles. The predicted octanol–water partition coefficient (Wildman–Crippen LogP) is 5.47. The number of aryl methyl sites for hydroxylation is 1. The lowest BCUT2D eigenvalue weighted by Crippen LogP contribution is -2.48. The number of amides is 2. The highest BCUT2D eigenvalue weighted by molar-refractivity contribution is 7.14. The SMILES string of the molecule is Cc1cnc(-c2cc(OC3C[C@H]4CC[C@@H](C3)N4C(=O)O)cc(C(=O)N[C@H](C)c3cnc(C(F)(F)F)nc3)c2)s1. The van der Waals surface area contributed by atoms with Crippen LogP contribution in [0.3, 0.4) is 0 Å². The number of hydrogen-bond donors (Lipinski definition) is 2. The Kier molecular flexibility index (Phi) is 7.19. The summed E-state index contributed by atoms with van der Waals surface area (Å²) in [4.78, 5) is 38.6. The van der Waals surface area contributed by atoms with E-state index in [4.69, 9.17) is 4.74 Å². The van der Waals surface area contributed by atoms with E-state index in [9.17, 15) is 27.9 Å². The molecule has 2 N–H and O–H groups in total. The van der Waals surface area contributed by atoms with Crippen molar-refractivity contribution in [2.75, 3.05) is 0 Å². The Labute approximate surface area is 226 Å². The molecule has 2 fully saturated rings. The van der Waals surface area contributed by atoms with Crippen LogP contribution in [0.1, 0.15) is 65.3 Å². The van der Waals surface area contributed by atoms with Crippen LogP contribution in [-0.2, 0) is 6.18 Å². The second-order valence-corrected chi connectivity index (χ2v) is 11.1. The number of ether oxygens (including phenoxy) is 1. The number of thiazole rings is 1. The van der Waals surface area contributed by atoms with Crippen molar-refractivity contribution in [3.63, 3.8) is 0 Å². The van der Waals surface area contributed by atoms with Crippen molar-refractivity contribution in [2.45, 2.75) is 69.9 Å². The van der Waals surface area contributed by atoms with Crippen LogP contribution in [0.2, 0.25) is 0 Å². The first-order chi connectivity index (χ1) is 18.5. The van der Waals surface area contributed by atoms with Crippen molar-refractivity contribution in [2.24, 2.45) is 0 Å². The van der Waals surface area contributed by atoms with Crippen LogP contribution < -0.4 is 10.1 Å². The zero-order chi connectivity index (χ0) is 27.9. The minimum atomic E-state index is -4.65. The van der Waals surface area contributed by atoms with Crippen molar-refractivity contribution in [1.29, 1.82) is 0 Å². The summed E-state index contributed by atoms with van der Waals surface area (Å²) in [5, 5.41) is 13.0. The minimum Gasteiger partial charge on any atom is -0.490 e. The number of benzene rings is 1. The number of alkyl halides is 3. The highest BCUT2D eigenvalue weighted by Gasteiger charge is 2.44. The van der Waals surface area contributed by atoms with E-state index in [1.54, 1.807) is 25.3 Å². The number of halogens is 3. The van der Waals surface area contributed by atoms with E-state index >= 15 is 0 Å². The molecule has 0 radical (unpaired) electrons. The average Bonchev–Trinajstić information content (AvgIpc) is 3.44. The van der Waals surface area contributed by atoms with Gasteiger partial charge in [0.05, 0.1) is 6.04 Å². The summed E-state index contributed by atoms with van der Waals surface area (Å²) in [5.41, 5.74) is 1.30. The summed E-state index contributed by atoms with van der Waals surface area (Å²) in [7, 11) is 0. The van der Waals surface area contributed by atoms with Crippen molar-refractivity contribution in [3.05, 3.63) is 58.6 Å². The van der Waals surface area contributed by atoms with Gasteiger partial charge in [0.2, 0.25) is 5.82 Å². The first-order valence-corrected chi connectivity index (χ1v) is 13.3. The quantitative estimate of drug-likeness (QED) is 0.410. The largest absolute Gasteiger partial charge is 0.490 e. The molecule has 2 amide bonds. The van der Waals surface area contributed by atoms with Gasteiger partial charge in [-0.25, -0.2) is 19.7 Å². The molecule has 1 unspecified atom stereocenters. The molecular weight excluding hydrogens is 535 g/mol. The van der Waals surface area contributed by atoms with E-state index < -0.39 is 30.0 Å².